The molecule has 1 aliphatic heterocycles. The number of hydrogen-bond donors (Lipinski definition) is 2. The maximum Gasteiger partial charge on any atom is 0.329 e. The summed E-state index contributed by atoms with van der Waals surface area (Å²) in [5, 5.41) is 11.2. The van der Waals surface area contributed by atoms with Gasteiger partial charge in [0, 0.05) is 6.54 Å². The second-order valence-electron chi connectivity index (χ2n) is 5.28. The lowest BCUT2D eigenvalue weighted by Crippen LogP contribution is -2.65. The van der Waals surface area contributed by atoms with Crippen LogP contribution in [0.4, 0.5) is 9.18 Å². The molecule has 0 unspecified atom stereocenters. The maximum absolute atomic E-state index is 13.0. The van der Waals surface area contributed by atoms with Crippen molar-refractivity contribution in [1.29, 1.82) is 0 Å². The van der Waals surface area contributed by atoms with Gasteiger partial charge in [0.2, 0.25) is 0 Å². The third-order valence-electron chi connectivity index (χ3n) is 3.21. The number of carboxylic acids is 1. The van der Waals surface area contributed by atoms with Crippen molar-refractivity contribution in [3.05, 3.63) is 35.6 Å². The highest BCUT2D eigenvalue weighted by atomic mass is 19.1. The van der Waals surface area contributed by atoms with E-state index in [9.17, 15) is 14.0 Å². The standard InChI is InChI=1S/C14H17FN2O4/c1-14(21-7-12(18)19)8-17(9-14)13(20)16-6-10-3-2-4-11(15)5-10/h2-5H,6-9H2,1H3,(H,16,20)(H,18,19). The number of aliphatic carboxylic acids is 1. The van der Waals surface area contributed by atoms with Crippen molar-refractivity contribution in [2.24, 2.45) is 0 Å². The molecule has 21 heavy (non-hydrogen) atoms. The van der Waals surface area contributed by atoms with Gasteiger partial charge >= 0.3 is 12.0 Å². The molecule has 1 aliphatic rings. The number of carbonyl (C=O) groups excluding carboxylic acids is 1. The number of likely N-dealkylation sites (tertiary alicyclic amines) is 1. The van der Waals surface area contributed by atoms with Crippen molar-refractivity contribution < 1.29 is 23.8 Å². The highest BCUT2D eigenvalue weighted by molar-refractivity contribution is 5.75. The predicted molar refractivity (Wildman–Crippen MR) is 72.2 cm³/mol. The molecule has 7 heteroatoms. The van der Waals surface area contributed by atoms with E-state index in [-0.39, 0.29) is 25.0 Å². The normalized spacial score (nSPS) is 16.2. The minimum atomic E-state index is -1.04. The second-order valence-corrected chi connectivity index (χ2v) is 5.28. The summed E-state index contributed by atoms with van der Waals surface area (Å²) in [5.74, 6) is -1.38. The molecular formula is C14H17FN2O4. The van der Waals surface area contributed by atoms with Crippen LogP contribution in [0, 0.1) is 5.82 Å². The van der Waals surface area contributed by atoms with Crippen LogP contribution in [-0.2, 0) is 16.1 Å². The zero-order chi connectivity index (χ0) is 15.5. The number of rotatable bonds is 5. The van der Waals surface area contributed by atoms with Gasteiger partial charge in [0.05, 0.1) is 13.1 Å². The summed E-state index contributed by atoms with van der Waals surface area (Å²) in [7, 11) is 0. The van der Waals surface area contributed by atoms with E-state index in [1.165, 1.54) is 17.0 Å². The number of hydrogen-bond acceptors (Lipinski definition) is 3. The largest absolute Gasteiger partial charge is 0.480 e. The Hall–Kier alpha value is -2.15. The van der Waals surface area contributed by atoms with Crippen LogP contribution in [0.15, 0.2) is 24.3 Å². The van der Waals surface area contributed by atoms with Gasteiger partial charge in [-0.25, -0.2) is 14.0 Å². The molecule has 0 saturated carbocycles. The average molecular weight is 296 g/mol. The monoisotopic (exact) mass is 296 g/mol. The summed E-state index contributed by atoms with van der Waals surface area (Å²) in [4.78, 5) is 23.8. The van der Waals surface area contributed by atoms with Gasteiger partial charge in [-0.2, -0.15) is 0 Å². The van der Waals surface area contributed by atoms with E-state index < -0.39 is 11.6 Å². The first kappa shape index (κ1) is 15.2. The lowest BCUT2D eigenvalue weighted by Gasteiger charge is -2.46. The minimum Gasteiger partial charge on any atom is -0.480 e. The Bertz CT molecular complexity index is 544. The third kappa shape index (κ3) is 4.16. The molecule has 0 spiro atoms. The Morgan fingerprint density at radius 2 is 2.19 bits per heavy atom. The molecule has 2 rings (SSSR count). The fraction of sp³-hybridized carbons (Fsp3) is 0.429. The predicted octanol–water partition coefficient (Wildman–Crippen LogP) is 1.21. The molecule has 0 bridgehead atoms. The highest BCUT2D eigenvalue weighted by Crippen LogP contribution is 2.24. The SMILES string of the molecule is CC1(OCC(=O)O)CN(C(=O)NCc2cccc(F)c2)C1. The summed E-state index contributed by atoms with van der Waals surface area (Å²) in [6.45, 7) is 2.27. The lowest BCUT2D eigenvalue weighted by atomic mass is 9.97. The first-order valence-corrected chi connectivity index (χ1v) is 6.51. The molecule has 2 N–H and O–H groups in total. The average Bonchev–Trinajstić information content (AvgIpc) is 2.39. The molecule has 0 aliphatic carbocycles. The van der Waals surface area contributed by atoms with Gasteiger partial charge in [0.1, 0.15) is 18.0 Å². The number of benzene rings is 1. The van der Waals surface area contributed by atoms with Gasteiger partial charge in [-0.3, -0.25) is 0 Å². The van der Waals surface area contributed by atoms with Crippen LogP contribution >= 0.6 is 0 Å². The molecule has 0 aromatic heterocycles. The van der Waals surface area contributed by atoms with Gasteiger partial charge < -0.3 is 20.1 Å². The second kappa shape index (κ2) is 6.09. The van der Waals surface area contributed by atoms with E-state index in [0.29, 0.717) is 18.7 Å². The summed E-state index contributed by atoms with van der Waals surface area (Å²) < 4.78 is 18.2. The summed E-state index contributed by atoms with van der Waals surface area (Å²) in [5.41, 5.74) is 0.0583. The molecule has 1 heterocycles. The minimum absolute atomic E-state index is 0.236. The van der Waals surface area contributed by atoms with Crippen LogP contribution in [0.1, 0.15) is 12.5 Å². The Morgan fingerprint density at radius 3 is 2.81 bits per heavy atom. The fourth-order valence-corrected chi connectivity index (χ4v) is 2.17. The summed E-state index contributed by atoms with van der Waals surface area (Å²) in [6.07, 6.45) is 0. The molecule has 2 amide bonds. The van der Waals surface area contributed by atoms with Crippen LogP contribution in [0.25, 0.3) is 0 Å². The van der Waals surface area contributed by atoms with E-state index in [2.05, 4.69) is 5.32 Å². The quantitative estimate of drug-likeness (QED) is 0.856. The highest BCUT2D eigenvalue weighted by Gasteiger charge is 2.42. The van der Waals surface area contributed by atoms with Crippen molar-refractivity contribution in [2.75, 3.05) is 19.7 Å². The van der Waals surface area contributed by atoms with Gasteiger partial charge in [-0.05, 0) is 24.6 Å². The number of nitrogens with one attached hydrogen (secondary N) is 1. The van der Waals surface area contributed by atoms with E-state index in [4.69, 9.17) is 9.84 Å². The van der Waals surface area contributed by atoms with Crippen LogP contribution in [0.5, 0.6) is 0 Å². The number of carboxylic acid groups (broad SMARTS) is 1. The van der Waals surface area contributed by atoms with E-state index in [1.807, 2.05) is 0 Å². The van der Waals surface area contributed by atoms with E-state index in [0.717, 1.165) is 0 Å². The first-order chi connectivity index (χ1) is 9.88. The Kier molecular flexibility index (Phi) is 4.42. The molecule has 6 nitrogen and oxygen atoms in total. The summed E-state index contributed by atoms with van der Waals surface area (Å²) in [6, 6.07) is 5.72. The molecule has 114 valence electrons. The zero-order valence-corrected chi connectivity index (χ0v) is 11.6. The molecule has 1 aromatic rings. The van der Waals surface area contributed by atoms with Crippen LogP contribution in [0.2, 0.25) is 0 Å². The number of ether oxygens (including phenoxy) is 1. The van der Waals surface area contributed by atoms with Crippen LogP contribution < -0.4 is 5.32 Å². The summed E-state index contributed by atoms with van der Waals surface area (Å²) >= 11 is 0. The van der Waals surface area contributed by atoms with Crippen LogP contribution in [0.3, 0.4) is 0 Å². The molecular weight excluding hydrogens is 279 g/mol. The lowest BCUT2D eigenvalue weighted by molar-refractivity contribution is -0.159. The van der Waals surface area contributed by atoms with Crippen molar-refractivity contribution in [3.8, 4) is 0 Å². The number of carbonyl (C=O) groups is 2. The smallest absolute Gasteiger partial charge is 0.329 e. The Morgan fingerprint density at radius 1 is 1.48 bits per heavy atom. The van der Waals surface area contributed by atoms with E-state index >= 15 is 0 Å². The maximum atomic E-state index is 13.0. The number of amides is 2. The molecule has 1 saturated heterocycles. The van der Waals surface area contributed by atoms with Crippen molar-refractivity contribution >= 4 is 12.0 Å². The number of urea groups is 1. The van der Waals surface area contributed by atoms with Crippen molar-refractivity contribution in [2.45, 2.75) is 19.1 Å². The molecule has 1 aromatic carbocycles. The van der Waals surface area contributed by atoms with Gasteiger partial charge in [0.15, 0.2) is 0 Å². The Labute approximate surface area is 121 Å². The van der Waals surface area contributed by atoms with E-state index in [1.54, 1.807) is 19.1 Å². The molecule has 0 atom stereocenters. The number of nitrogens with zero attached hydrogens (tertiary/aromatic N) is 1. The van der Waals surface area contributed by atoms with Crippen molar-refractivity contribution in [3.63, 3.8) is 0 Å². The first-order valence-electron chi connectivity index (χ1n) is 6.51. The third-order valence-corrected chi connectivity index (χ3v) is 3.21. The van der Waals surface area contributed by atoms with Gasteiger partial charge in [-0.15, -0.1) is 0 Å². The Balaban J connectivity index is 1.75. The van der Waals surface area contributed by atoms with Crippen LogP contribution in [-0.4, -0.2) is 47.3 Å². The van der Waals surface area contributed by atoms with Crippen molar-refractivity contribution in [1.82, 2.24) is 10.2 Å². The topological polar surface area (TPSA) is 78.9 Å². The fourth-order valence-electron chi connectivity index (χ4n) is 2.17. The van der Waals surface area contributed by atoms with Gasteiger partial charge in [-0.1, -0.05) is 12.1 Å². The molecule has 0 radical (unpaired) electrons. The van der Waals surface area contributed by atoms with Gasteiger partial charge in [0.25, 0.3) is 0 Å². The number of halogens is 1. The zero-order valence-electron chi connectivity index (χ0n) is 11.6. The molecule has 1 fully saturated rings.